The van der Waals surface area contributed by atoms with Gasteiger partial charge >= 0.3 is 0 Å². The molecule has 0 aliphatic carbocycles. The van der Waals surface area contributed by atoms with Crippen LogP contribution in [0.3, 0.4) is 0 Å². The highest BCUT2D eigenvalue weighted by atomic mass is 32.2. The van der Waals surface area contributed by atoms with Gasteiger partial charge in [-0.2, -0.15) is 5.10 Å². The van der Waals surface area contributed by atoms with Gasteiger partial charge in [0, 0.05) is 37.2 Å². The van der Waals surface area contributed by atoms with Crippen LogP contribution in [0, 0.1) is 6.92 Å². The molecule has 0 radical (unpaired) electrons. The number of aromatic nitrogens is 4. The SMILES string of the molecule is Cc1cc(C(C)N[S@+]([O-])C(C)(C)C)c2nc(-c3ccn(C)n3)n(C)c(=O)c2c1. The summed E-state index contributed by atoms with van der Waals surface area (Å²) < 4.78 is 18.6. The van der Waals surface area contributed by atoms with Crippen molar-refractivity contribution in [1.82, 2.24) is 24.1 Å². The lowest BCUT2D eigenvalue weighted by Gasteiger charge is -2.27. The van der Waals surface area contributed by atoms with Crippen LogP contribution in [-0.2, 0) is 25.5 Å². The van der Waals surface area contributed by atoms with Crippen molar-refractivity contribution in [3.63, 3.8) is 0 Å². The third-order valence-electron chi connectivity index (χ3n) is 4.60. The fraction of sp³-hybridized carbons (Fsp3) is 0.450. The van der Waals surface area contributed by atoms with Gasteiger partial charge in [-0.05, 0) is 52.3 Å². The van der Waals surface area contributed by atoms with E-state index in [2.05, 4.69) is 9.82 Å². The van der Waals surface area contributed by atoms with Gasteiger partial charge < -0.3 is 4.55 Å². The molecule has 8 heteroatoms. The summed E-state index contributed by atoms with van der Waals surface area (Å²) in [5, 5.41) is 4.94. The second-order valence-electron chi connectivity index (χ2n) is 8.15. The van der Waals surface area contributed by atoms with Gasteiger partial charge in [-0.15, -0.1) is 4.72 Å². The molecule has 28 heavy (non-hydrogen) atoms. The standard InChI is InChI=1S/C20H27N5O2S/c1-12-10-14(13(2)23-28(27)20(3,4)5)17-15(11-12)19(26)25(7)18(21-17)16-8-9-24(6)22-16/h8-11,13,23H,1-7H3/t13?,28-/m1/s1. The highest BCUT2D eigenvalue weighted by Crippen LogP contribution is 2.27. The van der Waals surface area contributed by atoms with Gasteiger partial charge in [-0.1, -0.05) is 6.07 Å². The first-order valence-corrected chi connectivity index (χ1v) is 10.3. The van der Waals surface area contributed by atoms with Gasteiger partial charge in [0.25, 0.3) is 5.56 Å². The Morgan fingerprint density at radius 3 is 2.50 bits per heavy atom. The first-order chi connectivity index (χ1) is 13.0. The molecule has 0 spiro atoms. The van der Waals surface area contributed by atoms with Crippen LogP contribution < -0.4 is 10.3 Å². The molecule has 2 aromatic heterocycles. The Morgan fingerprint density at radius 2 is 1.93 bits per heavy atom. The van der Waals surface area contributed by atoms with E-state index < -0.39 is 16.1 Å². The van der Waals surface area contributed by atoms with E-state index >= 15 is 0 Å². The molecule has 3 rings (SSSR count). The molecule has 0 saturated carbocycles. The third kappa shape index (κ3) is 3.85. The second-order valence-corrected chi connectivity index (χ2v) is 10.1. The fourth-order valence-corrected chi connectivity index (χ4v) is 3.85. The van der Waals surface area contributed by atoms with E-state index in [9.17, 15) is 9.35 Å². The van der Waals surface area contributed by atoms with Gasteiger partial charge in [0.15, 0.2) is 5.82 Å². The van der Waals surface area contributed by atoms with Crippen molar-refractivity contribution < 1.29 is 4.55 Å². The Balaban J connectivity index is 2.20. The molecule has 0 aliphatic rings. The Labute approximate surface area is 168 Å². The molecule has 1 N–H and O–H groups in total. The van der Waals surface area contributed by atoms with Crippen molar-refractivity contribution in [2.75, 3.05) is 0 Å². The Kier molecular flexibility index (Phi) is 5.40. The van der Waals surface area contributed by atoms with Crippen LogP contribution in [0.5, 0.6) is 0 Å². The lowest BCUT2D eigenvalue weighted by molar-refractivity contribution is 0.531. The van der Waals surface area contributed by atoms with Crippen molar-refractivity contribution in [1.29, 1.82) is 0 Å². The zero-order chi connectivity index (χ0) is 20.8. The molecular weight excluding hydrogens is 374 g/mol. The summed E-state index contributed by atoms with van der Waals surface area (Å²) in [6, 6.07) is 5.44. The Hall–Kier alpha value is -2.16. The number of nitrogens with one attached hydrogen (secondary N) is 1. The third-order valence-corrected chi connectivity index (χ3v) is 6.28. The summed E-state index contributed by atoms with van der Waals surface area (Å²) in [6.07, 6.45) is 1.82. The van der Waals surface area contributed by atoms with Crippen molar-refractivity contribution >= 4 is 22.3 Å². The van der Waals surface area contributed by atoms with Gasteiger partial charge in [-0.25, -0.2) is 4.98 Å². The van der Waals surface area contributed by atoms with E-state index in [0.29, 0.717) is 22.4 Å². The van der Waals surface area contributed by atoms with E-state index in [-0.39, 0.29) is 11.6 Å². The molecule has 0 saturated heterocycles. The van der Waals surface area contributed by atoms with Crippen LogP contribution in [-0.4, -0.2) is 28.6 Å². The van der Waals surface area contributed by atoms with Crippen LogP contribution in [0.25, 0.3) is 22.4 Å². The highest BCUT2D eigenvalue weighted by molar-refractivity contribution is 7.90. The average molecular weight is 402 g/mol. The molecule has 2 atom stereocenters. The smallest absolute Gasteiger partial charge is 0.261 e. The molecule has 0 aliphatic heterocycles. The number of hydrogen-bond donors (Lipinski definition) is 1. The van der Waals surface area contributed by atoms with E-state index in [1.165, 1.54) is 4.57 Å². The van der Waals surface area contributed by atoms with Crippen molar-refractivity contribution in [3.05, 3.63) is 45.9 Å². The monoisotopic (exact) mass is 401 g/mol. The summed E-state index contributed by atoms with van der Waals surface area (Å²) in [4.78, 5) is 17.8. The second kappa shape index (κ2) is 7.35. The van der Waals surface area contributed by atoms with Crippen molar-refractivity contribution in [2.24, 2.45) is 14.1 Å². The molecule has 0 amide bonds. The zero-order valence-electron chi connectivity index (χ0n) is 17.4. The number of fused-ring (bicyclic) bond motifs is 1. The highest BCUT2D eigenvalue weighted by Gasteiger charge is 2.29. The largest absolute Gasteiger partial charge is 0.598 e. The Bertz CT molecular complexity index is 1080. The quantitative estimate of drug-likeness (QED) is 0.679. The van der Waals surface area contributed by atoms with Crippen LogP contribution in [0.4, 0.5) is 0 Å². The molecule has 3 aromatic rings. The summed E-state index contributed by atoms with van der Waals surface area (Å²) >= 11 is -1.24. The van der Waals surface area contributed by atoms with Crippen LogP contribution >= 0.6 is 0 Å². The maximum atomic E-state index is 13.0. The summed E-state index contributed by atoms with van der Waals surface area (Å²) in [6.45, 7) is 9.65. The van der Waals surface area contributed by atoms with Gasteiger partial charge in [-0.3, -0.25) is 14.0 Å². The van der Waals surface area contributed by atoms with E-state index in [4.69, 9.17) is 4.98 Å². The summed E-state index contributed by atoms with van der Waals surface area (Å²) in [5.41, 5.74) is 2.93. The number of nitrogens with zero attached hydrogens (tertiary/aromatic N) is 4. The maximum absolute atomic E-state index is 13.0. The fourth-order valence-electron chi connectivity index (χ4n) is 3.05. The van der Waals surface area contributed by atoms with Crippen LogP contribution in [0.2, 0.25) is 0 Å². The van der Waals surface area contributed by atoms with Gasteiger partial charge in [0.1, 0.15) is 10.4 Å². The van der Waals surface area contributed by atoms with Crippen molar-refractivity contribution in [2.45, 2.75) is 45.4 Å². The normalized spacial score (nSPS) is 14.4. The number of benzene rings is 1. The minimum Gasteiger partial charge on any atom is -0.598 e. The van der Waals surface area contributed by atoms with E-state index in [1.54, 1.807) is 11.7 Å². The molecule has 1 unspecified atom stereocenters. The zero-order valence-corrected chi connectivity index (χ0v) is 18.2. The molecule has 0 bridgehead atoms. The summed E-state index contributed by atoms with van der Waals surface area (Å²) in [5.74, 6) is 0.507. The first-order valence-electron chi connectivity index (χ1n) is 9.18. The molecule has 7 nitrogen and oxygen atoms in total. The predicted octanol–water partition coefficient (Wildman–Crippen LogP) is 2.76. The molecule has 2 heterocycles. The molecule has 0 fully saturated rings. The lowest BCUT2D eigenvalue weighted by Crippen LogP contribution is -2.40. The minimum absolute atomic E-state index is 0.125. The summed E-state index contributed by atoms with van der Waals surface area (Å²) in [7, 11) is 3.53. The van der Waals surface area contributed by atoms with Crippen LogP contribution in [0.1, 0.15) is 44.9 Å². The van der Waals surface area contributed by atoms with E-state index in [1.807, 2.05) is 66.1 Å². The molecular formula is C20H27N5O2S. The first kappa shape index (κ1) is 20.6. The van der Waals surface area contributed by atoms with Crippen molar-refractivity contribution in [3.8, 4) is 11.5 Å². The Morgan fingerprint density at radius 1 is 1.25 bits per heavy atom. The van der Waals surface area contributed by atoms with Crippen LogP contribution in [0.15, 0.2) is 29.2 Å². The van der Waals surface area contributed by atoms with E-state index in [0.717, 1.165) is 11.1 Å². The lowest BCUT2D eigenvalue weighted by atomic mass is 10.0. The minimum atomic E-state index is -1.24. The average Bonchev–Trinajstić information content (AvgIpc) is 3.03. The number of rotatable bonds is 4. The topological polar surface area (TPSA) is 87.8 Å². The molecule has 1 aromatic carbocycles. The maximum Gasteiger partial charge on any atom is 0.261 e. The predicted molar refractivity (Wildman–Crippen MR) is 113 cm³/mol. The molecule has 150 valence electrons. The number of hydrogen-bond acceptors (Lipinski definition) is 5. The van der Waals surface area contributed by atoms with Gasteiger partial charge in [0.05, 0.1) is 16.9 Å². The van der Waals surface area contributed by atoms with Gasteiger partial charge in [0.2, 0.25) is 0 Å². The number of aryl methyl sites for hydroxylation is 2.